The molecule has 7 heteroatoms. The molecule has 34 heavy (non-hydrogen) atoms. The first-order valence-corrected chi connectivity index (χ1v) is 13.3. The van der Waals surface area contributed by atoms with Crippen molar-refractivity contribution in [3.63, 3.8) is 0 Å². The van der Waals surface area contributed by atoms with Gasteiger partial charge in [-0.1, -0.05) is 67.4 Å². The number of amides is 1. The quantitative estimate of drug-likeness (QED) is 0.334. The van der Waals surface area contributed by atoms with Crippen molar-refractivity contribution in [3.05, 3.63) is 75.0 Å². The Morgan fingerprint density at radius 3 is 2.62 bits per heavy atom. The Balaban J connectivity index is 1.51. The lowest BCUT2D eigenvalue weighted by molar-refractivity contribution is -0.113. The highest BCUT2D eigenvalue weighted by Gasteiger charge is 2.44. The summed E-state index contributed by atoms with van der Waals surface area (Å²) in [5.41, 5.74) is 4.70. The van der Waals surface area contributed by atoms with Crippen molar-refractivity contribution in [1.82, 2.24) is 9.55 Å². The van der Waals surface area contributed by atoms with E-state index < -0.39 is 0 Å². The van der Waals surface area contributed by atoms with Gasteiger partial charge in [0.05, 0.1) is 17.0 Å². The van der Waals surface area contributed by atoms with Gasteiger partial charge in [-0.05, 0) is 55.5 Å². The van der Waals surface area contributed by atoms with E-state index in [1.165, 1.54) is 17.3 Å². The maximum Gasteiger partial charge on any atom is 0.258 e. The minimum Gasteiger partial charge on any atom is -0.325 e. The molecular formula is C27H28ClN3O2S. The van der Waals surface area contributed by atoms with Crippen LogP contribution in [0.15, 0.2) is 58.5 Å². The van der Waals surface area contributed by atoms with E-state index in [1.54, 1.807) is 28.8 Å². The SMILES string of the molecule is CCCn1c(SCC(=O)Nc2ccc(Cl)cc2)nc2c(c1=O)C1(CCCC1)Cc1ccccc1-2. The molecule has 0 unspecified atom stereocenters. The van der Waals surface area contributed by atoms with E-state index in [0.717, 1.165) is 55.3 Å². The monoisotopic (exact) mass is 493 g/mol. The number of fused-ring (bicyclic) bond motifs is 4. The van der Waals surface area contributed by atoms with E-state index >= 15 is 0 Å². The zero-order chi connectivity index (χ0) is 23.7. The molecule has 176 valence electrons. The number of hydrogen-bond donors (Lipinski definition) is 1. The molecule has 1 fully saturated rings. The zero-order valence-corrected chi connectivity index (χ0v) is 20.8. The van der Waals surface area contributed by atoms with Gasteiger partial charge in [-0.15, -0.1) is 0 Å². The molecular weight excluding hydrogens is 466 g/mol. The third-order valence-electron chi connectivity index (χ3n) is 6.93. The van der Waals surface area contributed by atoms with E-state index in [4.69, 9.17) is 16.6 Å². The van der Waals surface area contributed by atoms with E-state index in [-0.39, 0.29) is 22.6 Å². The molecule has 2 aliphatic carbocycles. The molecule has 0 aliphatic heterocycles. The van der Waals surface area contributed by atoms with Gasteiger partial charge in [-0.3, -0.25) is 14.2 Å². The molecule has 1 spiro atoms. The fourth-order valence-electron chi connectivity index (χ4n) is 5.44. The van der Waals surface area contributed by atoms with Crippen molar-refractivity contribution in [2.45, 2.75) is 62.6 Å². The maximum absolute atomic E-state index is 14.0. The van der Waals surface area contributed by atoms with Crippen LogP contribution in [-0.2, 0) is 23.2 Å². The summed E-state index contributed by atoms with van der Waals surface area (Å²) in [6.45, 7) is 2.66. The van der Waals surface area contributed by atoms with Crippen molar-refractivity contribution < 1.29 is 4.79 Å². The Hall–Kier alpha value is -2.57. The number of aromatic nitrogens is 2. The van der Waals surface area contributed by atoms with E-state index in [0.29, 0.717) is 22.4 Å². The molecule has 1 saturated carbocycles. The van der Waals surface area contributed by atoms with E-state index in [1.807, 2.05) is 6.07 Å². The lowest BCUT2D eigenvalue weighted by atomic mass is 9.68. The molecule has 1 N–H and O–H groups in total. The van der Waals surface area contributed by atoms with Crippen molar-refractivity contribution in [3.8, 4) is 11.3 Å². The second-order valence-electron chi connectivity index (χ2n) is 9.24. The van der Waals surface area contributed by atoms with Crippen molar-refractivity contribution >= 4 is 35.0 Å². The van der Waals surface area contributed by atoms with E-state index in [2.05, 4.69) is 30.4 Å². The minimum atomic E-state index is -0.144. The predicted molar refractivity (Wildman–Crippen MR) is 139 cm³/mol. The normalized spacial score (nSPS) is 15.7. The summed E-state index contributed by atoms with van der Waals surface area (Å²) in [5, 5.41) is 4.12. The van der Waals surface area contributed by atoms with E-state index in [9.17, 15) is 9.59 Å². The largest absolute Gasteiger partial charge is 0.325 e. The Morgan fingerprint density at radius 2 is 1.88 bits per heavy atom. The first-order valence-electron chi connectivity index (χ1n) is 11.9. The molecule has 2 aromatic carbocycles. The molecule has 1 heterocycles. The third-order valence-corrected chi connectivity index (χ3v) is 8.16. The lowest BCUT2D eigenvalue weighted by Gasteiger charge is -2.36. The number of nitrogens with zero attached hydrogens (tertiary/aromatic N) is 2. The highest BCUT2D eigenvalue weighted by Crippen LogP contribution is 2.49. The summed E-state index contributed by atoms with van der Waals surface area (Å²) in [4.78, 5) is 31.7. The second-order valence-corrected chi connectivity index (χ2v) is 10.6. The number of nitrogens with one attached hydrogen (secondary N) is 1. The summed E-state index contributed by atoms with van der Waals surface area (Å²) in [5.74, 6) is 0.0275. The van der Waals surface area contributed by atoms with Crippen molar-refractivity contribution in [1.29, 1.82) is 0 Å². The average Bonchev–Trinajstić information content (AvgIpc) is 3.29. The predicted octanol–water partition coefficient (Wildman–Crippen LogP) is 6.07. The highest BCUT2D eigenvalue weighted by molar-refractivity contribution is 7.99. The van der Waals surface area contributed by atoms with Crippen molar-refractivity contribution in [2.24, 2.45) is 0 Å². The van der Waals surface area contributed by atoms with Gasteiger partial charge in [-0.25, -0.2) is 4.98 Å². The molecule has 5 rings (SSSR count). The summed E-state index contributed by atoms with van der Waals surface area (Å²) >= 11 is 7.26. The number of thioether (sulfide) groups is 1. The first kappa shape index (κ1) is 23.2. The van der Waals surface area contributed by atoms with Crippen LogP contribution in [0.4, 0.5) is 5.69 Å². The van der Waals surface area contributed by atoms with Crippen LogP contribution in [0.5, 0.6) is 0 Å². The number of carbonyl (C=O) groups excluding carboxylic acids is 1. The average molecular weight is 494 g/mol. The number of rotatable bonds is 6. The minimum absolute atomic E-state index is 0.0730. The van der Waals surface area contributed by atoms with Gasteiger partial charge < -0.3 is 5.32 Å². The number of anilines is 1. The van der Waals surface area contributed by atoms with Crippen LogP contribution in [0.25, 0.3) is 11.3 Å². The van der Waals surface area contributed by atoms with Gasteiger partial charge in [0.2, 0.25) is 5.91 Å². The van der Waals surface area contributed by atoms with Gasteiger partial charge in [0, 0.05) is 28.2 Å². The molecule has 5 nitrogen and oxygen atoms in total. The van der Waals surface area contributed by atoms with Crippen LogP contribution in [0.2, 0.25) is 5.02 Å². The zero-order valence-electron chi connectivity index (χ0n) is 19.3. The van der Waals surface area contributed by atoms with Crippen molar-refractivity contribution in [2.75, 3.05) is 11.1 Å². The molecule has 0 saturated heterocycles. The molecule has 1 aromatic heterocycles. The first-order chi connectivity index (χ1) is 16.5. The molecule has 0 bridgehead atoms. The lowest BCUT2D eigenvalue weighted by Crippen LogP contribution is -2.40. The van der Waals surface area contributed by atoms with Gasteiger partial charge in [0.25, 0.3) is 5.56 Å². The topological polar surface area (TPSA) is 64.0 Å². The maximum atomic E-state index is 14.0. The second kappa shape index (κ2) is 9.59. The van der Waals surface area contributed by atoms with Crippen LogP contribution >= 0.6 is 23.4 Å². The summed E-state index contributed by atoms with van der Waals surface area (Å²) in [6, 6.07) is 15.4. The van der Waals surface area contributed by atoms with Crippen LogP contribution < -0.4 is 10.9 Å². The molecule has 0 radical (unpaired) electrons. The molecule has 0 atom stereocenters. The smallest absolute Gasteiger partial charge is 0.258 e. The van der Waals surface area contributed by atoms with Crippen LogP contribution in [0.1, 0.15) is 50.2 Å². The highest BCUT2D eigenvalue weighted by atomic mass is 35.5. The Kier molecular flexibility index (Phi) is 6.54. The standard InChI is InChI=1S/C27H28ClN3O2S/c1-2-15-31-25(33)23-24(21-8-4-3-7-18(21)16-27(23)13-5-6-14-27)30-26(31)34-17-22(32)29-20-11-9-19(28)10-12-20/h3-4,7-12H,2,5-6,13-17H2,1H3,(H,29,32). The van der Waals surface area contributed by atoms with Gasteiger partial charge in [-0.2, -0.15) is 0 Å². The number of carbonyl (C=O) groups is 1. The fourth-order valence-corrected chi connectivity index (χ4v) is 6.38. The third kappa shape index (κ3) is 4.29. The molecule has 1 amide bonds. The fraction of sp³-hybridized carbons (Fsp3) is 0.370. The number of halogens is 1. The Morgan fingerprint density at radius 1 is 1.15 bits per heavy atom. The van der Waals surface area contributed by atoms with Gasteiger partial charge >= 0.3 is 0 Å². The Bertz CT molecular complexity index is 1280. The van der Waals surface area contributed by atoms with Gasteiger partial charge in [0.15, 0.2) is 5.16 Å². The Labute approximate surface area is 208 Å². The van der Waals surface area contributed by atoms with Gasteiger partial charge in [0.1, 0.15) is 0 Å². The summed E-state index contributed by atoms with van der Waals surface area (Å²) in [7, 11) is 0. The van der Waals surface area contributed by atoms with Crippen LogP contribution in [0, 0.1) is 0 Å². The molecule has 3 aromatic rings. The van der Waals surface area contributed by atoms with Crippen LogP contribution in [0.3, 0.4) is 0 Å². The number of benzene rings is 2. The summed E-state index contributed by atoms with van der Waals surface area (Å²) in [6.07, 6.45) is 6.11. The number of hydrogen-bond acceptors (Lipinski definition) is 4. The van der Waals surface area contributed by atoms with Crippen LogP contribution in [-0.4, -0.2) is 21.2 Å². The summed E-state index contributed by atoms with van der Waals surface area (Å²) < 4.78 is 1.80. The molecule has 2 aliphatic rings.